The third-order valence-corrected chi connectivity index (χ3v) is 1.93. The van der Waals surface area contributed by atoms with Crippen LogP contribution in [0, 0.1) is 5.82 Å². The van der Waals surface area contributed by atoms with Gasteiger partial charge in [-0.25, -0.2) is 4.39 Å². The lowest BCUT2D eigenvalue weighted by atomic mass is 10.1. The Balaban J connectivity index is 2.94. The molecule has 0 atom stereocenters. The number of nitrogen functional groups attached to an aromatic ring is 1. The fraction of sp³-hybridized carbons (Fsp3) is 0. The topological polar surface area (TPSA) is 46.2 Å². The second-order valence-corrected chi connectivity index (χ2v) is 2.88. The number of aromatic hydroxyl groups is 1. The minimum atomic E-state index is -0.435. The lowest BCUT2D eigenvalue weighted by Crippen LogP contribution is -1.86. The Bertz CT molecular complexity index is 468. The van der Waals surface area contributed by atoms with Crippen LogP contribution in [0.15, 0.2) is 30.3 Å². The molecule has 2 aromatic carbocycles. The molecule has 2 nitrogen and oxygen atoms in total. The summed E-state index contributed by atoms with van der Waals surface area (Å²) in [5.41, 5.74) is 5.92. The van der Waals surface area contributed by atoms with E-state index in [9.17, 15) is 9.50 Å². The van der Waals surface area contributed by atoms with Gasteiger partial charge in [-0.05, 0) is 17.5 Å². The summed E-state index contributed by atoms with van der Waals surface area (Å²) in [7, 11) is 0. The second-order valence-electron chi connectivity index (χ2n) is 2.88. The van der Waals surface area contributed by atoms with Crippen molar-refractivity contribution < 1.29 is 9.50 Å². The number of fused-ring (bicyclic) bond motifs is 1. The normalized spacial score (nSPS) is 10.5. The van der Waals surface area contributed by atoms with E-state index >= 15 is 0 Å². The zero-order valence-electron chi connectivity index (χ0n) is 6.79. The second kappa shape index (κ2) is 2.62. The summed E-state index contributed by atoms with van der Waals surface area (Å²) in [6.45, 7) is 0. The van der Waals surface area contributed by atoms with Gasteiger partial charge in [0.15, 0.2) is 0 Å². The zero-order valence-corrected chi connectivity index (χ0v) is 6.79. The van der Waals surface area contributed by atoms with Crippen molar-refractivity contribution in [2.24, 2.45) is 0 Å². The highest BCUT2D eigenvalue weighted by atomic mass is 19.1. The van der Waals surface area contributed by atoms with Gasteiger partial charge in [0.05, 0.1) is 5.39 Å². The first kappa shape index (κ1) is 7.86. The Morgan fingerprint density at radius 2 is 2.00 bits per heavy atom. The number of phenolic OH excluding ortho intramolecular Hbond substituents is 1. The Morgan fingerprint density at radius 1 is 1.23 bits per heavy atom. The van der Waals surface area contributed by atoms with Crippen LogP contribution < -0.4 is 5.73 Å². The van der Waals surface area contributed by atoms with Gasteiger partial charge in [0.25, 0.3) is 0 Å². The monoisotopic (exact) mass is 177 g/mol. The van der Waals surface area contributed by atoms with Gasteiger partial charge in [-0.3, -0.25) is 0 Å². The standard InChI is InChI=1S/C10H8FNO/c11-8-3-1-2-6-4-7(12)5-9(13)10(6)8/h1-5,13H,12H2. The number of hydrogen-bond acceptors (Lipinski definition) is 2. The quantitative estimate of drug-likeness (QED) is 0.606. The lowest BCUT2D eigenvalue weighted by Gasteiger charge is -2.03. The van der Waals surface area contributed by atoms with Crippen LogP contribution >= 0.6 is 0 Å². The third-order valence-electron chi connectivity index (χ3n) is 1.93. The summed E-state index contributed by atoms with van der Waals surface area (Å²) in [6.07, 6.45) is 0. The number of benzene rings is 2. The van der Waals surface area contributed by atoms with E-state index in [1.165, 1.54) is 12.1 Å². The van der Waals surface area contributed by atoms with Gasteiger partial charge in [-0.2, -0.15) is 0 Å². The van der Waals surface area contributed by atoms with Crippen LogP contribution in [0.5, 0.6) is 5.75 Å². The van der Waals surface area contributed by atoms with Crippen LogP contribution in [0.1, 0.15) is 0 Å². The number of hydrogen-bond donors (Lipinski definition) is 2. The van der Waals surface area contributed by atoms with Crippen LogP contribution in [-0.2, 0) is 0 Å². The van der Waals surface area contributed by atoms with Crippen molar-refractivity contribution in [3.05, 3.63) is 36.1 Å². The molecule has 0 aliphatic carbocycles. The fourth-order valence-electron chi connectivity index (χ4n) is 1.38. The first-order valence-corrected chi connectivity index (χ1v) is 3.85. The van der Waals surface area contributed by atoms with E-state index in [-0.39, 0.29) is 11.1 Å². The van der Waals surface area contributed by atoms with Crippen molar-refractivity contribution >= 4 is 16.5 Å². The molecule has 0 saturated heterocycles. The molecule has 2 aromatic rings. The molecule has 0 unspecified atom stereocenters. The van der Waals surface area contributed by atoms with E-state index in [0.717, 1.165) is 0 Å². The lowest BCUT2D eigenvalue weighted by molar-refractivity contribution is 0.479. The zero-order chi connectivity index (χ0) is 9.42. The van der Waals surface area contributed by atoms with E-state index in [0.29, 0.717) is 11.1 Å². The van der Waals surface area contributed by atoms with Gasteiger partial charge >= 0.3 is 0 Å². The van der Waals surface area contributed by atoms with Crippen LogP contribution in [0.3, 0.4) is 0 Å². The summed E-state index contributed by atoms with van der Waals surface area (Å²) in [6, 6.07) is 7.55. The minimum absolute atomic E-state index is 0.117. The van der Waals surface area contributed by atoms with Gasteiger partial charge < -0.3 is 10.8 Å². The Kier molecular flexibility index (Phi) is 1.59. The predicted octanol–water partition coefficient (Wildman–Crippen LogP) is 2.27. The smallest absolute Gasteiger partial charge is 0.134 e. The van der Waals surface area contributed by atoms with E-state index in [4.69, 9.17) is 5.73 Å². The Labute approximate surface area is 74.4 Å². The van der Waals surface area contributed by atoms with Gasteiger partial charge in [-0.1, -0.05) is 12.1 Å². The number of rotatable bonds is 0. The van der Waals surface area contributed by atoms with E-state index in [2.05, 4.69) is 0 Å². The van der Waals surface area contributed by atoms with Gasteiger partial charge in [-0.15, -0.1) is 0 Å². The molecule has 0 aliphatic heterocycles. The van der Waals surface area contributed by atoms with Crippen molar-refractivity contribution in [3.8, 4) is 5.75 Å². The maximum absolute atomic E-state index is 13.2. The van der Waals surface area contributed by atoms with E-state index < -0.39 is 5.82 Å². The molecule has 0 aromatic heterocycles. The molecule has 0 radical (unpaired) electrons. The van der Waals surface area contributed by atoms with Crippen LogP contribution in [0.25, 0.3) is 10.8 Å². The molecule has 0 spiro atoms. The van der Waals surface area contributed by atoms with Gasteiger partial charge in [0.2, 0.25) is 0 Å². The van der Waals surface area contributed by atoms with Crippen molar-refractivity contribution in [1.82, 2.24) is 0 Å². The number of anilines is 1. The number of halogens is 1. The molecule has 0 fully saturated rings. The Morgan fingerprint density at radius 3 is 2.77 bits per heavy atom. The van der Waals surface area contributed by atoms with Crippen molar-refractivity contribution in [2.75, 3.05) is 5.73 Å². The molecule has 3 heteroatoms. The van der Waals surface area contributed by atoms with Gasteiger partial charge in [0, 0.05) is 11.8 Å². The molecular weight excluding hydrogens is 169 g/mol. The van der Waals surface area contributed by atoms with E-state index in [1.54, 1.807) is 18.2 Å². The Hall–Kier alpha value is -1.77. The highest BCUT2D eigenvalue weighted by Crippen LogP contribution is 2.29. The summed E-state index contributed by atoms with van der Waals surface area (Å²) in [5.74, 6) is -0.553. The highest BCUT2D eigenvalue weighted by molar-refractivity contribution is 5.91. The molecule has 66 valence electrons. The summed E-state index contributed by atoms with van der Waals surface area (Å²) in [5, 5.41) is 10.2. The van der Waals surface area contributed by atoms with Crippen LogP contribution in [0.4, 0.5) is 10.1 Å². The molecule has 3 N–H and O–H groups in total. The first-order valence-electron chi connectivity index (χ1n) is 3.85. The SMILES string of the molecule is Nc1cc(O)c2c(F)cccc2c1. The highest BCUT2D eigenvalue weighted by Gasteiger charge is 2.05. The van der Waals surface area contributed by atoms with Crippen molar-refractivity contribution in [3.63, 3.8) is 0 Å². The van der Waals surface area contributed by atoms with Crippen molar-refractivity contribution in [2.45, 2.75) is 0 Å². The molecule has 0 bridgehead atoms. The maximum atomic E-state index is 13.2. The average molecular weight is 177 g/mol. The first-order chi connectivity index (χ1) is 6.18. The predicted molar refractivity (Wildman–Crippen MR) is 50.0 cm³/mol. The molecule has 13 heavy (non-hydrogen) atoms. The van der Waals surface area contributed by atoms with Crippen molar-refractivity contribution in [1.29, 1.82) is 0 Å². The molecule has 2 rings (SSSR count). The summed E-state index contributed by atoms with van der Waals surface area (Å²) in [4.78, 5) is 0. The molecular formula is C10H8FNO. The maximum Gasteiger partial charge on any atom is 0.134 e. The van der Waals surface area contributed by atoms with Crippen LogP contribution in [0.2, 0.25) is 0 Å². The summed E-state index contributed by atoms with van der Waals surface area (Å²) >= 11 is 0. The summed E-state index contributed by atoms with van der Waals surface area (Å²) < 4.78 is 13.2. The molecule has 0 amide bonds. The third kappa shape index (κ3) is 1.18. The molecule has 0 saturated carbocycles. The van der Waals surface area contributed by atoms with E-state index in [1.807, 2.05) is 0 Å². The average Bonchev–Trinajstić information content (AvgIpc) is 2.02. The fourth-order valence-corrected chi connectivity index (χ4v) is 1.38. The largest absolute Gasteiger partial charge is 0.507 e. The minimum Gasteiger partial charge on any atom is -0.507 e. The number of phenols is 1. The number of nitrogens with two attached hydrogens (primary N) is 1. The molecule has 0 heterocycles. The molecule has 0 aliphatic rings. The van der Waals surface area contributed by atoms with Crippen LogP contribution in [-0.4, -0.2) is 5.11 Å². The van der Waals surface area contributed by atoms with Gasteiger partial charge in [0.1, 0.15) is 11.6 Å².